The number of para-hydroxylation sites is 1. The number of amides is 15. The molecular weight excluding hydrogens is 1710 g/mol. The van der Waals surface area contributed by atoms with Gasteiger partial charge in [-0.2, -0.15) is 0 Å². The van der Waals surface area contributed by atoms with Crippen molar-refractivity contribution in [2.75, 3.05) is 66.4 Å². The molecule has 2 heterocycles. The Hall–Kier alpha value is -13.7. The number of nitrogens with zero attached hydrogens (tertiary/aromatic N) is 5. The summed E-state index contributed by atoms with van der Waals surface area (Å²) in [5.41, 5.74) is 9.22. The molecule has 0 radical (unpaired) electrons. The number of aromatic hydroxyl groups is 2. The van der Waals surface area contributed by atoms with Crippen molar-refractivity contribution in [2.45, 2.75) is 190 Å². The molecule has 35 nitrogen and oxygen atoms in total. The van der Waals surface area contributed by atoms with E-state index in [1.54, 1.807) is 135 Å². The highest BCUT2D eigenvalue weighted by Gasteiger charge is 2.43. The highest BCUT2D eigenvalue weighted by Crippen LogP contribution is 2.29. The van der Waals surface area contributed by atoms with Gasteiger partial charge in [0.25, 0.3) is 0 Å². The van der Waals surface area contributed by atoms with E-state index in [1.165, 1.54) is 93.6 Å². The molecule has 0 bridgehead atoms. The number of nitrogens with two attached hydrogens (primary N) is 1. The quantitative estimate of drug-likeness (QED) is 0.0437. The first-order valence-corrected chi connectivity index (χ1v) is 45.5. The van der Waals surface area contributed by atoms with Crippen LogP contribution >= 0.6 is 11.8 Å². The van der Waals surface area contributed by atoms with Gasteiger partial charge in [-0.1, -0.05) is 199 Å². The number of hydrogen-bond acceptors (Lipinski definition) is 19. The lowest BCUT2D eigenvalue weighted by molar-refractivity contribution is -0.151. The van der Waals surface area contributed by atoms with Gasteiger partial charge in [0.1, 0.15) is 78.0 Å². The van der Waals surface area contributed by atoms with E-state index in [-0.39, 0.29) is 74.5 Å². The third-order valence-corrected chi connectivity index (χ3v) is 24.7. The minimum absolute atomic E-state index is 0.0195. The molecule has 706 valence electrons. The predicted octanol–water partition coefficient (Wildman–Crippen LogP) is 3.25. The summed E-state index contributed by atoms with van der Waals surface area (Å²) in [5, 5.41) is 56.1. The molecule has 1 saturated heterocycles. The van der Waals surface area contributed by atoms with Crippen molar-refractivity contribution >= 4 is 117 Å². The summed E-state index contributed by atoms with van der Waals surface area (Å²) in [5.74, 6) is -17.0. The van der Waals surface area contributed by atoms with Crippen LogP contribution in [0.25, 0.3) is 10.9 Å². The van der Waals surface area contributed by atoms with E-state index in [0.717, 1.165) is 45.7 Å². The Morgan fingerprint density at radius 1 is 0.462 bits per heavy atom. The van der Waals surface area contributed by atoms with Crippen LogP contribution in [-0.4, -0.2) is 272 Å². The molecule has 0 unspecified atom stereocenters. The smallest absolute Gasteiger partial charge is 0.305 e. The zero-order chi connectivity index (χ0) is 95.8. The molecule has 2 fully saturated rings. The number of carboxylic acids is 1. The molecule has 7 aromatic rings. The number of likely N-dealkylation sites (N-methyl/N-ethyl adjacent to an activating group) is 5. The molecular formula is C96H122N16O19S. The van der Waals surface area contributed by atoms with E-state index in [9.17, 15) is 48.9 Å². The number of H-pyrrole nitrogens is 1. The van der Waals surface area contributed by atoms with Gasteiger partial charge < -0.3 is 98.4 Å². The van der Waals surface area contributed by atoms with Crippen LogP contribution in [0.15, 0.2) is 170 Å². The number of aliphatic carboxylic acids is 1. The van der Waals surface area contributed by atoms with Crippen molar-refractivity contribution in [1.29, 1.82) is 0 Å². The summed E-state index contributed by atoms with van der Waals surface area (Å²) in [6.07, 6.45) is 4.03. The predicted molar refractivity (Wildman–Crippen MR) is 494 cm³/mol. The van der Waals surface area contributed by atoms with Crippen LogP contribution in [0.1, 0.15) is 118 Å². The second-order valence-electron chi connectivity index (χ2n) is 34.2. The van der Waals surface area contributed by atoms with Crippen molar-refractivity contribution in [3.8, 4) is 11.5 Å². The van der Waals surface area contributed by atoms with Crippen LogP contribution in [-0.2, 0) is 115 Å². The Kier molecular flexibility index (Phi) is 38.6. The maximum Gasteiger partial charge on any atom is 0.305 e. The zero-order valence-electron chi connectivity index (χ0n) is 75.6. The molecule has 132 heavy (non-hydrogen) atoms. The van der Waals surface area contributed by atoms with Crippen molar-refractivity contribution in [3.63, 3.8) is 0 Å². The summed E-state index contributed by atoms with van der Waals surface area (Å²) in [4.78, 5) is 245. The van der Waals surface area contributed by atoms with Gasteiger partial charge in [-0.25, -0.2) is 0 Å². The number of thioether (sulfide) groups is 1. The molecule has 6 aromatic carbocycles. The number of carbonyl (C=O) groups is 16. The summed E-state index contributed by atoms with van der Waals surface area (Å²) >= 11 is 0.851. The fraction of sp³-hybridized carbons (Fsp3) is 0.438. The van der Waals surface area contributed by atoms with Gasteiger partial charge >= 0.3 is 5.97 Å². The van der Waals surface area contributed by atoms with E-state index in [0.29, 0.717) is 70.0 Å². The van der Waals surface area contributed by atoms with Crippen LogP contribution in [0.2, 0.25) is 0 Å². The first kappa shape index (κ1) is 102. The van der Waals surface area contributed by atoms with Crippen molar-refractivity contribution in [2.24, 2.45) is 17.6 Å². The number of carboxylic acid groups (broad SMARTS) is 1. The van der Waals surface area contributed by atoms with Gasteiger partial charge in [0.15, 0.2) is 0 Å². The molecule has 2 aliphatic rings. The lowest BCUT2D eigenvalue weighted by atomic mass is 9.84. The normalized spacial score (nSPS) is 22.5. The number of hydrogen-bond donors (Lipinski definition) is 14. The van der Waals surface area contributed by atoms with Gasteiger partial charge in [-0.05, 0) is 88.4 Å². The fourth-order valence-corrected chi connectivity index (χ4v) is 17.1. The topological polar surface area (TPSA) is 500 Å². The number of nitrogens with one attached hydrogen (secondary N) is 10. The first-order valence-electron chi connectivity index (χ1n) is 44.3. The highest BCUT2D eigenvalue weighted by atomic mass is 32.2. The fourth-order valence-electron chi connectivity index (χ4n) is 16.2. The second kappa shape index (κ2) is 49.9. The van der Waals surface area contributed by atoms with E-state index in [2.05, 4.69) is 52.8 Å². The van der Waals surface area contributed by atoms with E-state index in [1.807, 2.05) is 6.92 Å². The molecule has 15 amide bonds. The minimum Gasteiger partial charge on any atom is -0.508 e. The number of rotatable bonds is 23. The van der Waals surface area contributed by atoms with Gasteiger partial charge in [0.2, 0.25) is 88.6 Å². The number of benzene rings is 6. The maximum atomic E-state index is 15.6. The van der Waals surface area contributed by atoms with Crippen LogP contribution in [0.5, 0.6) is 11.5 Å². The van der Waals surface area contributed by atoms with Crippen molar-refractivity contribution in [3.05, 3.63) is 203 Å². The molecule has 36 heteroatoms. The number of unbranched alkanes of at least 4 members (excludes halogenated alkanes) is 1. The standard InChI is InChI=1S/C96H122N16O19S/c1-9-10-35-77-94(129)109(5)55-82(117)101-73(51-84(119)120)90(125)107-85(58(2)3)96(131)111(7)78(48-61-29-19-13-20-30-61)91(126)105-74(47-64-38-42-67(114)43-39-64)92(127)108(4)54-81(116)100-72(50-65-52-98-69-34-24-23-33-68(65)69)89(124)104-71(45-63-36-40-66(113)41-37-63)87(122)103-70(44-59-25-15-11-16-26-59)88(123)106-76(86(121)99-53-80(97)115)56-132-57-83(118)102-75(46-60-27-17-12-18-28-60)93(128)112(8)79(95(130)110(77)6)49-62-31-21-14-22-32-62/h12-14,17-24,27-34,36-43,52,58-59,70-79,85,98,113-114H,9-11,15-16,25-26,35,44-51,53-57H2,1-8H3,(H2,97,115)(H,99,121)(H,100,116)(H,101,117)(H,102,118)(H,103,122)(H,104,124)(H,105,126)(H,106,123)(H,107,125)(H,119,120)/t70-,71-,72-,73-,74-,75-,76-,77-,78-,79-,85-/m0/s1. The van der Waals surface area contributed by atoms with Crippen LogP contribution in [0.3, 0.4) is 0 Å². The molecule has 1 saturated carbocycles. The van der Waals surface area contributed by atoms with Crippen LogP contribution < -0.4 is 53.6 Å². The number of fused-ring (bicyclic) bond motifs is 1. The molecule has 15 N–H and O–H groups in total. The lowest BCUT2D eigenvalue weighted by Gasteiger charge is -2.37. The molecule has 1 aromatic heterocycles. The maximum absolute atomic E-state index is 15.6. The minimum atomic E-state index is -1.91. The number of primary amides is 1. The van der Waals surface area contributed by atoms with Gasteiger partial charge in [0, 0.05) is 96.6 Å². The van der Waals surface area contributed by atoms with Crippen LogP contribution in [0, 0.1) is 11.8 Å². The first-order chi connectivity index (χ1) is 63.0. The third kappa shape index (κ3) is 30.5. The summed E-state index contributed by atoms with van der Waals surface area (Å²) in [7, 11) is 6.57. The molecule has 11 atom stereocenters. The Bertz CT molecular complexity index is 5160. The van der Waals surface area contributed by atoms with Crippen molar-refractivity contribution in [1.82, 2.24) is 77.3 Å². The summed E-state index contributed by atoms with van der Waals surface area (Å²) in [6.45, 7) is 2.71. The van der Waals surface area contributed by atoms with E-state index < -0.39 is 199 Å². The highest BCUT2D eigenvalue weighted by molar-refractivity contribution is 8.00. The summed E-state index contributed by atoms with van der Waals surface area (Å²) < 4.78 is 0. The van der Waals surface area contributed by atoms with Gasteiger partial charge in [0.05, 0.1) is 31.8 Å². The van der Waals surface area contributed by atoms with Gasteiger partial charge in [-0.3, -0.25) is 76.7 Å². The zero-order valence-corrected chi connectivity index (χ0v) is 76.4. The van der Waals surface area contributed by atoms with E-state index >= 15 is 43.2 Å². The lowest BCUT2D eigenvalue weighted by Crippen LogP contribution is -2.61. The van der Waals surface area contributed by atoms with Gasteiger partial charge in [-0.15, -0.1) is 11.8 Å². The molecule has 1 aliphatic heterocycles. The average Bonchev–Trinajstić information content (AvgIpc) is 1.63. The monoisotopic (exact) mass is 1830 g/mol. The number of phenolic OH excluding ortho intramolecular Hbond substituents is 2. The SMILES string of the molecule is CCCC[C@H]1C(=O)N(C)CC(=O)N[C@@H](CC(=O)O)C(=O)N[C@@H](C(C)C)C(=O)N(C)[C@@H](Cc2ccccc2)C(=O)N[C@@H](Cc2ccc(O)cc2)C(=O)N(C)CC(=O)N[C@@H](Cc2c[nH]c3ccccc23)C(=O)N[C@@H](Cc2ccc(O)cc2)C(=O)N[C@@H](CC2CCCCC2)C(=O)N[C@H](C(=O)NCC(N)=O)CSCC(=O)N[C@@H](Cc2ccccc2)C(=O)N(C)[C@@H](Cc2ccccc2)C(=O)N1C. The Morgan fingerprint density at radius 2 is 0.917 bits per heavy atom. The number of carbonyl (C=O) groups excluding carboxylic acids is 15. The number of aromatic nitrogens is 1. The number of phenols is 2. The Balaban J connectivity index is 1.12. The largest absolute Gasteiger partial charge is 0.508 e. The van der Waals surface area contributed by atoms with Crippen LogP contribution in [0.4, 0.5) is 0 Å². The Labute approximate surface area is 771 Å². The third-order valence-electron chi connectivity index (χ3n) is 23.6. The summed E-state index contributed by atoms with van der Waals surface area (Å²) in [6, 6.07) is 27.6. The molecule has 1 aliphatic carbocycles. The van der Waals surface area contributed by atoms with E-state index in [4.69, 9.17) is 5.73 Å². The molecule has 9 rings (SSSR count). The van der Waals surface area contributed by atoms with Crippen molar-refractivity contribution < 1.29 is 92.0 Å². The average molecular weight is 1840 g/mol. The second-order valence-corrected chi connectivity index (χ2v) is 35.2. The Morgan fingerprint density at radius 3 is 1.47 bits per heavy atom. The number of aromatic amines is 1. The molecule has 0 spiro atoms.